The van der Waals surface area contributed by atoms with Crippen LogP contribution >= 0.6 is 0 Å². The summed E-state index contributed by atoms with van der Waals surface area (Å²) < 4.78 is 0. The first-order chi connectivity index (χ1) is 7.16. The van der Waals surface area contributed by atoms with Crippen LogP contribution < -0.4 is 0 Å². The number of aliphatic hydroxyl groups excluding tert-OH is 1. The van der Waals surface area contributed by atoms with E-state index in [0.29, 0.717) is 6.42 Å². The van der Waals surface area contributed by atoms with E-state index >= 15 is 0 Å². The maximum absolute atomic E-state index is 11.9. The summed E-state index contributed by atoms with van der Waals surface area (Å²) in [5.41, 5.74) is -0.437. The average molecular weight is 210 g/mol. The number of hydrogen-bond donors (Lipinski definition) is 1. The SMILES string of the molecule is O=CC1(C(=O)CC2(CCCO)CC2)CC1. The number of rotatable bonds is 7. The van der Waals surface area contributed by atoms with Crippen molar-refractivity contribution in [2.75, 3.05) is 6.61 Å². The molecule has 2 rings (SSSR count). The van der Waals surface area contributed by atoms with E-state index in [2.05, 4.69) is 0 Å². The summed E-state index contributed by atoms with van der Waals surface area (Å²) in [7, 11) is 0. The van der Waals surface area contributed by atoms with E-state index in [9.17, 15) is 9.59 Å². The first-order valence-corrected chi connectivity index (χ1v) is 5.77. The Bertz CT molecular complexity index is 275. The molecule has 0 amide bonds. The Morgan fingerprint density at radius 2 is 1.93 bits per heavy atom. The Kier molecular flexibility index (Phi) is 2.67. The fourth-order valence-electron chi connectivity index (χ4n) is 2.26. The van der Waals surface area contributed by atoms with Crippen molar-refractivity contribution in [1.82, 2.24) is 0 Å². The van der Waals surface area contributed by atoms with Gasteiger partial charge in [-0.3, -0.25) is 4.79 Å². The number of Topliss-reactive ketones (excluding diaryl/α,β-unsaturated/α-hetero) is 1. The summed E-state index contributed by atoms with van der Waals surface area (Å²) in [5.74, 6) is 0.146. The molecular weight excluding hydrogens is 192 g/mol. The van der Waals surface area contributed by atoms with Crippen LogP contribution in [0.2, 0.25) is 0 Å². The third-order valence-electron chi connectivity index (χ3n) is 3.93. The molecule has 0 saturated heterocycles. The highest BCUT2D eigenvalue weighted by atomic mass is 16.3. The highest BCUT2D eigenvalue weighted by Crippen LogP contribution is 2.56. The number of carbonyl (C=O) groups excluding carboxylic acids is 2. The molecule has 0 aromatic carbocycles. The fourth-order valence-corrected chi connectivity index (χ4v) is 2.26. The predicted octanol–water partition coefficient (Wildman–Crippen LogP) is 1.48. The highest BCUT2D eigenvalue weighted by Gasteiger charge is 2.53. The second-order valence-electron chi connectivity index (χ2n) is 5.20. The minimum absolute atomic E-state index is 0.146. The van der Waals surface area contributed by atoms with Gasteiger partial charge in [-0.05, 0) is 43.9 Å². The molecule has 84 valence electrons. The second-order valence-corrected chi connectivity index (χ2v) is 5.20. The molecular formula is C12H18O3. The van der Waals surface area contributed by atoms with Crippen LogP contribution in [0.15, 0.2) is 0 Å². The van der Waals surface area contributed by atoms with Crippen molar-refractivity contribution in [2.24, 2.45) is 10.8 Å². The average Bonchev–Trinajstić information content (AvgIpc) is 3.11. The van der Waals surface area contributed by atoms with Gasteiger partial charge in [-0.15, -0.1) is 0 Å². The molecule has 0 spiro atoms. The molecule has 0 heterocycles. The molecule has 15 heavy (non-hydrogen) atoms. The van der Waals surface area contributed by atoms with Crippen molar-refractivity contribution in [3.8, 4) is 0 Å². The van der Waals surface area contributed by atoms with Gasteiger partial charge in [-0.2, -0.15) is 0 Å². The summed E-state index contributed by atoms with van der Waals surface area (Å²) in [6, 6.07) is 0. The van der Waals surface area contributed by atoms with Crippen molar-refractivity contribution in [2.45, 2.75) is 44.9 Å². The molecule has 0 aliphatic heterocycles. The van der Waals surface area contributed by atoms with Gasteiger partial charge in [0.25, 0.3) is 0 Å². The largest absolute Gasteiger partial charge is 0.396 e. The second kappa shape index (κ2) is 3.71. The Labute approximate surface area is 89.9 Å². The molecule has 0 aromatic rings. The van der Waals surface area contributed by atoms with Crippen molar-refractivity contribution >= 4 is 12.1 Å². The van der Waals surface area contributed by atoms with E-state index < -0.39 is 5.41 Å². The fraction of sp³-hybridized carbons (Fsp3) is 0.833. The molecule has 2 saturated carbocycles. The quantitative estimate of drug-likeness (QED) is 0.511. The van der Waals surface area contributed by atoms with E-state index in [-0.39, 0.29) is 17.8 Å². The van der Waals surface area contributed by atoms with Gasteiger partial charge >= 0.3 is 0 Å². The minimum atomic E-state index is -0.588. The summed E-state index contributed by atoms with van der Waals surface area (Å²) in [6.45, 7) is 0.203. The summed E-state index contributed by atoms with van der Waals surface area (Å²) in [4.78, 5) is 22.7. The zero-order valence-corrected chi connectivity index (χ0v) is 9.00. The Hall–Kier alpha value is -0.700. The highest BCUT2D eigenvalue weighted by molar-refractivity contribution is 6.01. The van der Waals surface area contributed by atoms with Crippen molar-refractivity contribution in [3.63, 3.8) is 0 Å². The topological polar surface area (TPSA) is 54.4 Å². The van der Waals surface area contributed by atoms with Crippen molar-refractivity contribution in [1.29, 1.82) is 0 Å². The van der Waals surface area contributed by atoms with E-state index in [1.54, 1.807) is 0 Å². The number of carbonyl (C=O) groups is 2. The minimum Gasteiger partial charge on any atom is -0.396 e. The van der Waals surface area contributed by atoms with Crippen LogP contribution in [0.3, 0.4) is 0 Å². The summed E-state index contributed by atoms with van der Waals surface area (Å²) in [5, 5.41) is 8.77. The number of aldehydes is 1. The number of aliphatic hydroxyl groups is 1. The van der Waals surface area contributed by atoms with Gasteiger partial charge in [0, 0.05) is 13.0 Å². The molecule has 2 aliphatic carbocycles. The molecule has 0 aromatic heterocycles. The zero-order chi connectivity index (χ0) is 10.9. The molecule has 0 unspecified atom stereocenters. The Balaban J connectivity index is 1.86. The van der Waals surface area contributed by atoms with Crippen LogP contribution in [0.4, 0.5) is 0 Å². The van der Waals surface area contributed by atoms with E-state index in [1.807, 2.05) is 0 Å². The predicted molar refractivity (Wildman–Crippen MR) is 55.3 cm³/mol. The van der Waals surface area contributed by atoms with Crippen LogP contribution in [-0.4, -0.2) is 23.8 Å². The van der Waals surface area contributed by atoms with Crippen LogP contribution in [0.25, 0.3) is 0 Å². The van der Waals surface area contributed by atoms with E-state index in [4.69, 9.17) is 5.11 Å². The molecule has 0 radical (unpaired) electrons. The first-order valence-electron chi connectivity index (χ1n) is 5.77. The molecule has 2 aliphatic rings. The lowest BCUT2D eigenvalue weighted by Gasteiger charge is -2.15. The summed E-state index contributed by atoms with van der Waals surface area (Å²) >= 11 is 0. The van der Waals surface area contributed by atoms with Gasteiger partial charge in [-0.1, -0.05) is 0 Å². The normalized spacial score (nSPS) is 24.6. The zero-order valence-electron chi connectivity index (χ0n) is 9.00. The van der Waals surface area contributed by atoms with Gasteiger partial charge < -0.3 is 9.90 Å². The van der Waals surface area contributed by atoms with Gasteiger partial charge in [0.05, 0.1) is 5.41 Å². The van der Waals surface area contributed by atoms with Gasteiger partial charge in [0.1, 0.15) is 12.1 Å². The first kappa shape index (κ1) is 10.8. The van der Waals surface area contributed by atoms with E-state index in [0.717, 1.165) is 44.8 Å². The molecule has 0 atom stereocenters. The number of ketones is 1. The third-order valence-corrected chi connectivity index (χ3v) is 3.93. The van der Waals surface area contributed by atoms with Crippen molar-refractivity contribution < 1.29 is 14.7 Å². The standard InChI is InChI=1S/C12H18O3/c13-7-1-2-11(3-4-11)8-10(15)12(9-14)5-6-12/h9,13H,1-8H2. The maximum Gasteiger partial charge on any atom is 0.146 e. The van der Waals surface area contributed by atoms with Crippen LogP contribution in [-0.2, 0) is 9.59 Å². The van der Waals surface area contributed by atoms with Gasteiger partial charge in [0.15, 0.2) is 0 Å². The van der Waals surface area contributed by atoms with Crippen LogP contribution in [0, 0.1) is 10.8 Å². The molecule has 3 nitrogen and oxygen atoms in total. The number of hydrogen-bond acceptors (Lipinski definition) is 3. The Morgan fingerprint density at radius 3 is 2.33 bits per heavy atom. The maximum atomic E-state index is 11.9. The van der Waals surface area contributed by atoms with Crippen LogP contribution in [0.5, 0.6) is 0 Å². The molecule has 0 bridgehead atoms. The van der Waals surface area contributed by atoms with Gasteiger partial charge in [-0.25, -0.2) is 0 Å². The van der Waals surface area contributed by atoms with Crippen molar-refractivity contribution in [3.05, 3.63) is 0 Å². The lowest BCUT2D eigenvalue weighted by Crippen LogP contribution is -2.21. The van der Waals surface area contributed by atoms with Crippen LogP contribution in [0.1, 0.15) is 44.9 Å². The third kappa shape index (κ3) is 2.12. The lowest BCUT2D eigenvalue weighted by atomic mass is 9.88. The molecule has 2 fully saturated rings. The Morgan fingerprint density at radius 1 is 1.27 bits per heavy atom. The monoisotopic (exact) mass is 210 g/mol. The van der Waals surface area contributed by atoms with Gasteiger partial charge in [0.2, 0.25) is 0 Å². The van der Waals surface area contributed by atoms with E-state index in [1.165, 1.54) is 0 Å². The lowest BCUT2D eigenvalue weighted by molar-refractivity contribution is -0.130. The molecule has 3 heteroatoms. The molecule has 1 N–H and O–H groups in total. The summed E-state index contributed by atoms with van der Waals surface area (Å²) in [6.07, 6.45) is 6.81. The smallest absolute Gasteiger partial charge is 0.146 e.